The van der Waals surface area contributed by atoms with Gasteiger partial charge in [-0.1, -0.05) is 0 Å². The van der Waals surface area contributed by atoms with E-state index in [0.29, 0.717) is 0 Å². The molecule has 8 nitrogen and oxygen atoms in total. The van der Waals surface area contributed by atoms with Gasteiger partial charge in [-0.15, -0.1) is 0 Å². The molecule has 0 unspecified atom stereocenters. The predicted octanol–water partition coefficient (Wildman–Crippen LogP) is 1.05. The summed E-state index contributed by atoms with van der Waals surface area (Å²) >= 11 is 0. The van der Waals surface area contributed by atoms with Crippen LogP contribution in [0, 0.1) is 13.8 Å². The predicted molar refractivity (Wildman–Crippen MR) is 101 cm³/mol. The maximum absolute atomic E-state index is 5.44. The van der Waals surface area contributed by atoms with Crippen LogP contribution in [0.5, 0.6) is 0 Å². The second kappa shape index (κ2) is 7.41. The number of ether oxygens (including phenoxy) is 1. The summed E-state index contributed by atoms with van der Waals surface area (Å²) in [4.78, 5) is 25.2. The van der Waals surface area contributed by atoms with E-state index >= 15 is 0 Å². The number of aryl methyl sites for hydroxylation is 2. The maximum atomic E-state index is 5.44. The zero-order valence-corrected chi connectivity index (χ0v) is 15.4. The highest BCUT2D eigenvalue weighted by Gasteiger charge is 2.22. The lowest BCUT2D eigenvalue weighted by Gasteiger charge is -2.37. The molecule has 0 atom stereocenters. The van der Waals surface area contributed by atoms with Gasteiger partial charge in [-0.25, -0.2) is 9.97 Å². The number of rotatable bonds is 3. The van der Waals surface area contributed by atoms with Gasteiger partial charge < -0.3 is 19.4 Å². The van der Waals surface area contributed by atoms with Gasteiger partial charge in [0.05, 0.1) is 18.9 Å². The zero-order chi connectivity index (χ0) is 17.9. The third-order valence-electron chi connectivity index (χ3n) is 4.88. The van der Waals surface area contributed by atoms with E-state index in [9.17, 15) is 0 Å². The molecule has 2 aromatic rings. The van der Waals surface area contributed by atoms with Crippen LogP contribution in [0.3, 0.4) is 0 Å². The van der Waals surface area contributed by atoms with Gasteiger partial charge in [0.15, 0.2) is 0 Å². The summed E-state index contributed by atoms with van der Waals surface area (Å²) in [6.45, 7) is 10.9. The highest BCUT2D eigenvalue weighted by atomic mass is 16.5. The lowest BCUT2D eigenvalue weighted by atomic mass is 10.2. The molecule has 2 saturated heterocycles. The van der Waals surface area contributed by atoms with Crippen molar-refractivity contribution >= 4 is 17.6 Å². The third-order valence-corrected chi connectivity index (χ3v) is 4.88. The van der Waals surface area contributed by atoms with Gasteiger partial charge in [-0.3, -0.25) is 4.98 Å². The van der Waals surface area contributed by atoms with E-state index in [1.165, 1.54) is 0 Å². The number of morpholine rings is 1. The number of nitrogens with zero attached hydrogens (tertiary/aromatic N) is 7. The Balaban J connectivity index is 1.47. The molecule has 0 spiro atoms. The van der Waals surface area contributed by atoms with Crippen molar-refractivity contribution in [2.24, 2.45) is 0 Å². The first kappa shape index (κ1) is 17.0. The first-order valence-corrected chi connectivity index (χ1v) is 9.16. The average molecular weight is 355 g/mol. The second-order valence-electron chi connectivity index (χ2n) is 6.71. The number of piperazine rings is 1. The van der Waals surface area contributed by atoms with Crippen LogP contribution in [-0.2, 0) is 4.74 Å². The van der Waals surface area contributed by atoms with Crippen LogP contribution in [0.2, 0.25) is 0 Å². The average Bonchev–Trinajstić information content (AvgIpc) is 2.69. The van der Waals surface area contributed by atoms with Crippen molar-refractivity contribution < 1.29 is 4.74 Å². The summed E-state index contributed by atoms with van der Waals surface area (Å²) in [5.74, 6) is 2.81. The Morgan fingerprint density at radius 2 is 1.50 bits per heavy atom. The molecule has 138 valence electrons. The van der Waals surface area contributed by atoms with Crippen molar-refractivity contribution in [3.05, 3.63) is 29.8 Å². The van der Waals surface area contributed by atoms with Crippen LogP contribution in [0.4, 0.5) is 17.6 Å². The molecule has 8 heteroatoms. The van der Waals surface area contributed by atoms with E-state index in [4.69, 9.17) is 9.72 Å². The van der Waals surface area contributed by atoms with E-state index < -0.39 is 0 Å². The minimum absolute atomic E-state index is 0.739. The molecule has 26 heavy (non-hydrogen) atoms. The molecule has 4 rings (SSSR count). The Bertz CT molecular complexity index is 755. The first-order valence-electron chi connectivity index (χ1n) is 9.16. The van der Waals surface area contributed by atoms with Crippen LogP contribution < -0.4 is 14.7 Å². The lowest BCUT2D eigenvalue weighted by molar-refractivity contribution is 0.122. The van der Waals surface area contributed by atoms with Crippen molar-refractivity contribution in [2.75, 3.05) is 67.2 Å². The highest BCUT2D eigenvalue weighted by Crippen LogP contribution is 2.22. The Hall–Kier alpha value is -2.48. The van der Waals surface area contributed by atoms with Gasteiger partial charge in [0.25, 0.3) is 0 Å². The number of aromatic nitrogens is 4. The number of hydrogen-bond donors (Lipinski definition) is 0. The number of hydrogen-bond acceptors (Lipinski definition) is 8. The maximum Gasteiger partial charge on any atom is 0.227 e. The normalized spacial score (nSPS) is 18.3. The monoisotopic (exact) mass is 355 g/mol. The summed E-state index contributed by atoms with van der Waals surface area (Å²) in [5, 5.41) is 0. The smallest absolute Gasteiger partial charge is 0.227 e. The molecule has 0 aromatic carbocycles. The molecule has 2 aliphatic rings. The fourth-order valence-electron chi connectivity index (χ4n) is 3.46. The molecular formula is C18H25N7O. The summed E-state index contributed by atoms with van der Waals surface area (Å²) in [5.41, 5.74) is 1.98. The van der Waals surface area contributed by atoms with Gasteiger partial charge >= 0.3 is 0 Å². The van der Waals surface area contributed by atoms with Crippen LogP contribution >= 0.6 is 0 Å². The van der Waals surface area contributed by atoms with Crippen molar-refractivity contribution in [1.82, 2.24) is 19.9 Å². The minimum Gasteiger partial charge on any atom is -0.378 e. The first-order chi connectivity index (χ1) is 12.7. The van der Waals surface area contributed by atoms with Crippen LogP contribution in [0.15, 0.2) is 18.5 Å². The summed E-state index contributed by atoms with van der Waals surface area (Å²) < 4.78 is 5.44. The minimum atomic E-state index is 0.739. The van der Waals surface area contributed by atoms with Crippen LogP contribution in [0.1, 0.15) is 11.4 Å². The van der Waals surface area contributed by atoms with Gasteiger partial charge in [0.1, 0.15) is 11.6 Å². The van der Waals surface area contributed by atoms with Gasteiger partial charge in [-0.2, -0.15) is 4.98 Å². The largest absolute Gasteiger partial charge is 0.378 e. The number of anilines is 3. The van der Waals surface area contributed by atoms with Crippen molar-refractivity contribution in [2.45, 2.75) is 13.8 Å². The molecule has 2 fully saturated rings. The SMILES string of the molecule is Cc1cc(N2CCN(c3nccnc3C)CC2)nc(N2CCOCC2)n1. The molecule has 0 radical (unpaired) electrons. The topological polar surface area (TPSA) is 70.5 Å². The van der Waals surface area contributed by atoms with Gasteiger partial charge in [-0.05, 0) is 13.8 Å². The standard InChI is InChI=1S/C18H25N7O/c1-14-13-16(22-18(21-14)25-9-11-26-12-10-25)23-5-7-24(8-6-23)17-15(2)19-3-4-20-17/h3-4,13H,5-12H2,1-2H3. The Morgan fingerprint density at radius 1 is 0.808 bits per heavy atom. The molecule has 0 aliphatic carbocycles. The van der Waals surface area contributed by atoms with Crippen molar-refractivity contribution in [3.8, 4) is 0 Å². The molecule has 2 aliphatic heterocycles. The molecule has 0 amide bonds. The molecule has 4 heterocycles. The highest BCUT2D eigenvalue weighted by molar-refractivity contribution is 5.49. The van der Waals surface area contributed by atoms with Crippen LogP contribution in [-0.4, -0.2) is 72.4 Å². The van der Waals surface area contributed by atoms with Gasteiger partial charge in [0, 0.05) is 63.4 Å². The molecular weight excluding hydrogens is 330 g/mol. The van der Waals surface area contributed by atoms with E-state index in [-0.39, 0.29) is 0 Å². The molecule has 2 aromatic heterocycles. The second-order valence-corrected chi connectivity index (χ2v) is 6.71. The van der Waals surface area contributed by atoms with E-state index in [2.05, 4.69) is 35.7 Å². The Labute approximate surface area is 153 Å². The Kier molecular flexibility index (Phi) is 4.83. The van der Waals surface area contributed by atoms with Crippen molar-refractivity contribution in [3.63, 3.8) is 0 Å². The summed E-state index contributed by atoms with van der Waals surface area (Å²) in [6, 6.07) is 2.08. The quantitative estimate of drug-likeness (QED) is 0.809. The van der Waals surface area contributed by atoms with E-state index in [1.807, 2.05) is 13.8 Å². The Morgan fingerprint density at radius 3 is 2.23 bits per heavy atom. The molecule has 0 bridgehead atoms. The van der Waals surface area contributed by atoms with Gasteiger partial charge in [0.2, 0.25) is 5.95 Å². The summed E-state index contributed by atoms with van der Waals surface area (Å²) in [7, 11) is 0. The van der Waals surface area contributed by atoms with E-state index in [0.717, 1.165) is 81.5 Å². The molecule has 0 N–H and O–H groups in total. The van der Waals surface area contributed by atoms with Crippen LogP contribution in [0.25, 0.3) is 0 Å². The van der Waals surface area contributed by atoms with Crippen molar-refractivity contribution in [1.29, 1.82) is 0 Å². The summed E-state index contributed by atoms with van der Waals surface area (Å²) in [6.07, 6.45) is 3.50. The molecule has 0 saturated carbocycles. The fourth-order valence-corrected chi connectivity index (χ4v) is 3.46. The lowest BCUT2D eigenvalue weighted by Crippen LogP contribution is -2.47. The zero-order valence-electron chi connectivity index (χ0n) is 15.4. The fraction of sp³-hybridized carbons (Fsp3) is 0.556. The third kappa shape index (κ3) is 3.55. The van der Waals surface area contributed by atoms with E-state index in [1.54, 1.807) is 12.4 Å².